The smallest absolute Gasteiger partial charge is 0.225 e. The van der Waals surface area contributed by atoms with Crippen LogP contribution in [0.15, 0.2) is 30.5 Å². The predicted octanol–water partition coefficient (Wildman–Crippen LogP) is 2.83. The number of carbonyl (C=O) groups is 1. The minimum atomic E-state index is 0.287. The van der Waals surface area contributed by atoms with Crippen LogP contribution >= 0.6 is 0 Å². The zero-order chi connectivity index (χ0) is 20.9. The number of anilines is 2. The van der Waals surface area contributed by atoms with Crippen LogP contribution in [0.5, 0.6) is 0 Å². The molecule has 30 heavy (non-hydrogen) atoms. The molecule has 4 heterocycles. The summed E-state index contributed by atoms with van der Waals surface area (Å²) in [4.78, 5) is 33.0. The van der Waals surface area contributed by atoms with Gasteiger partial charge in [0.25, 0.3) is 0 Å². The Morgan fingerprint density at radius 1 is 1.03 bits per heavy atom. The van der Waals surface area contributed by atoms with Crippen molar-refractivity contribution >= 4 is 17.7 Å². The maximum absolute atomic E-state index is 12.8. The minimum absolute atomic E-state index is 0.287. The number of carbonyl (C=O) groups excluding carboxylic acids is 1. The number of piperazine rings is 1. The van der Waals surface area contributed by atoms with Crippen molar-refractivity contribution in [2.24, 2.45) is 5.92 Å². The molecule has 1 atom stereocenters. The number of hydrogen-bond acceptors (Lipinski definition) is 6. The van der Waals surface area contributed by atoms with E-state index in [4.69, 9.17) is 0 Å². The number of amides is 1. The number of rotatable bonds is 5. The molecule has 0 bridgehead atoms. The Morgan fingerprint density at radius 3 is 2.50 bits per heavy atom. The van der Waals surface area contributed by atoms with E-state index in [1.54, 1.807) is 0 Å². The van der Waals surface area contributed by atoms with Crippen LogP contribution in [0.25, 0.3) is 0 Å². The highest BCUT2D eigenvalue weighted by Gasteiger charge is 2.25. The van der Waals surface area contributed by atoms with Gasteiger partial charge in [0.15, 0.2) is 0 Å². The van der Waals surface area contributed by atoms with Crippen molar-refractivity contribution in [3.63, 3.8) is 0 Å². The first-order valence-electron chi connectivity index (χ1n) is 11.1. The number of hydrogen-bond donors (Lipinski definition) is 0. The highest BCUT2D eigenvalue weighted by Crippen LogP contribution is 2.25. The number of aryl methyl sites for hydroxylation is 2. The van der Waals surface area contributed by atoms with E-state index in [0.29, 0.717) is 12.3 Å². The van der Waals surface area contributed by atoms with Crippen molar-refractivity contribution < 1.29 is 4.79 Å². The van der Waals surface area contributed by atoms with Crippen LogP contribution in [-0.2, 0) is 4.79 Å². The summed E-state index contributed by atoms with van der Waals surface area (Å²) in [6.07, 6.45) is 5.72. The lowest BCUT2D eigenvalue weighted by Gasteiger charge is -2.36. The van der Waals surface area contributed by atoms with E-state index in [1.807, 2.05) is 49.2 Å². The second-order valence-corrected chi connectivity index (χ2v) is 8.50. The molecule has 160 valence electrons. The predicted molar refractivity (Wildman–Crippen MR) is 119 cm³/mol. The molecular weight excluding hydrogens is 376 g/mol. The Bertz CT molecular complexity index is 830. The molecule has 1 amide bonds. The molecule has 0 unspecified atom stereocenters. The average Bonchev–Trinajstić information content (AvgIpc) is 2.78. The average molecular weight is 409 g/mol. The first-order valence-corrected chi connectivity index (χ1v) is 11.1. The van der Waals surface area contributed by atoms with Crippen molar-refractivity contribution in [1.82, 2.24) is 19.9 Å². The zero-order valence-electron chi connectivity index (χ0n) is 18.1. The SMILES string of the molecule is Cc1cc(C)nc(N2CCC[C@@H](CCC(=O)N3CCN(c4ccccn4)CC3)C2)n1. The summed E-state index contributed by atoms with van der Waals surface area (Å²) >= 11 is 0. The molecule has 4 rings (SSSR count). The van der Waals surface area contributed by atoms with Gasteiger partial charge in [0, 0.05) is 63.3 Å². The molecule has 2 aromatic heterocycles. The van der Waals surface area contributed by atoms with Gasteiger partial charge < -0.3 is 14.7 Å². The van der Waals surface area contributed by atoms with Gasteiger partial charge in [0.2, 0.25) is 11.9 Å². The minimum Gasteiger partial charge on any atom is -0.353 e. The summed E-state index contributed by atoms with van der Waals surface area (Å²) in [5.74, 6) is 2.66. The standard InChI is InChI=1S/C23H32N6O/c1-18-16-19(2)26-23(25-18)29-11-5-6-20(17-29)8-9-22(30)28-14-12-27(13-15-28)21-7-3-4-10-24-21/h3-4,7,10,16,20H,5-6,8-9,11-15,17H2,1-2H3/t20-/m0/s1. The zero-order valence-corrected chi connectivity index (χ0v) is 18.1. The quantitative estimate of drug-likeness (QED) is 0.758. The summed E-state index contributed by atoms with van der Waals surface area (Å²) in [5, 5.41) is 0. The molecule has 2 aromatic rings. The lowest BCUT2D eigenvalue weighted by Crippen LogP contribution is -2.49. The Kier molecular flexibility index (Phi) is 6.45. The molecule has 2 saturated heterocycles. The van der Waals surface area contributed by atoms with Gasteiger partial charge in [-0.1, -0.05) is 6.07 Å². The van der Waals surface area contributed by atoms with Crippen LogP contribution in [0.3, 0.4) is 0 Å². The van der Waals surface area contributed by atoms with E-state index in [2.05, 4.69) is 24.8 Å². The van der Waals surface area contributed by atoms with E-state index >= 15 is 0 Å². The first kappa shape index (κ1) is 20.6. The van der Waals surface area contributed by atoms with E-state index in [0.717, 1.165) is 75.3 Å². The third-order valence-corrected chi connectivity index (χ3v) is 6.14. The summed E-state index contributed by atoms with van der Waals surface area (Å²) < 4.78 is 0. The van der Waals surface area contributed by atoms with Crippen LogP contribution < -0.4 is 9.80 Å². The van der Waals surface area contributed by atoms with E-state index in [1.165, 1.54) is 6.42 Å². The lowest BCUT2D eigenvalue weighted by molar-refractivity contribution is -0.131. The molecule has 0 saturated carbocycles. The van der Waals surface area contributed by atoms with Gasteiger partial charge in [-0.05, 0) is 57.2 Å². The molecule has 2 aliphatic heterocycles. The fourth-order valence-electron chi connectivity index (χ4n) is 4.54. The van der Waals surface area contributed by atoms with Crippen LogP contribution in [0.4, 0.5) is 11.8 Å². The lowest BCUT2D eigenvalue weighted by atomic mass is 9.93. The van der Waals surface area contributed by atoms with Crippen LogP contribution in [-0.4, -0.2) is 65.0 Å². The molecule has 0 N–H and O–H groups in total. The molecule has 0 aliphatic carbocycles. The van der Waals surface area contributed by atoms with Crippen LogP contribution in [0.2, 0.25) is 0 Å². The van der Waals surface area contributed by atoms with Gasteiger partial charge in [0.1, 0.15) is 5.82 Å². The third kappa shape index (κ3) is 5.07. The van der Waals surface area contributed by atoms with E-state index in [-0.39, 0.29) is 5.91 Å². The molecule has 0 radical (unpaired) electrons. The Morgan fingerprint density at radius 2 is 1.80 bits per heavy atom. The van der Waals surface area contributed by atoms with Gasteiger partial charge in [-0.15, -0.1) is 0 Å². The summed E-state index contributed by atoms with van der Waals surface area (Å²) in [6.45, 7) is 9.25. The second kappa shape index (κ2) is 9.41. The van der Waals surface area contributed by atoms with Crippen molar-refractivity contribution in [2.45, 2.75) is 39.5 Å². The Hall–Kier alpha value is -2.70. The molecule has 7 nitrogen and oxygen atoms in total. The summed E-state index contributed by atoms with van der Waals surface area (Å²) in [5.41, 5.74) is 2.03. The molecule has 0 aromatic carbocycles. The van der Waals surface area contributed by atoms with Gasteiger partial charge in [-0.3, -0.25) is 4.79 Å². The molecular formula is C23H32N6O. The summed E-state index contributed by atoms with van der Waals surface area (Å²) in [7, 11) is 0. The first-order chi connectivity index (χ1) is 14.6. The largest absolute Gasteiger partial charge is 0.353 e. The Labute approximate surface area is 179 Å². The van der Waals surface area contributed by atoms with Crippen molar-refractivity contribution in [3.8, 4) is 0 Å². The molecule has 2 aliphatic rings. The van der Waals surface area contributed by atoms with Gasteiger partial charge >= 0.3 is 0 Å². The van der Waals surface area contributed by atoms with E-state index < -0.39 is 0 Å². The maximum atomic E-state index is 12.8. The van der Waals surface area contributed by atoms with Gasteiger partial charge in [-0.2, -0.15) is 0 Å². The summed E-state index contributed by atoms with van der Waals surface area (Å²) in [6, 6.07) is 7.99. The number of aromatic nitrogens is 3. The van der Waals surface area contributed by atoms with Crippen LogP contribution in [0.1, 0.15) is 37.1 Å². The fourth-order valence-corrected chi connectivity index (χ4v) is 4.54. The monoisotopic (exact) mass is 408 g/mol. The molecule has 7 heteroatoms. The number of nitrogens with zero attached hydrogens (tertiary/aromatic N) is 6. The van der Waals surface area contributed by atoms with Crippen molar-refractivity contribution in [3.05, 3.63) is 41.9 Å². The van der Waals surface area contributed by atoms with E-state index in [9.17, 15) is 4.79 Å². The topological polar surface area (TPSA) is 65.5 Å². The normalized spacial score (nSPS) is 19.8. The number of piperidine rings is 1. The van der Waals surface area contributed by atoms with Crippen molar-refractivity contribution in [2.75, 3.05) is 49.1 Å². The van der Waals surface area contributed by atoms with Gasteiger partial charge in [-0.25, -0.2) is 15.0 Å². The highest BCUT2D eigenvalue weighted by molar-refractivity contribution is 5.76. The van der Waals surface area contributed by atoms with Crippen LogP contribution in [0, 0.1) is 19.8 Å². The van der Waals surface area contributed by atoms with Crippen molar-refractivity contribution in [1.29, 1.82) is 0 Å². The highest BCUT2D eigenvalue weighted by atomic mass is 16.2. The molecule has 2 fully saturated rings. The number of pyridine rings is 1. The Balaban J connectivity index is 1.25. The maximum Gasteiger partial charge on any atom is 0.225 e. The molecule has 0 spiro atoms. The fraction of sp³-hybridized carbons (Fsp3) is 0.565. The third-order valence-electron chi connectivity index (χ3n) is 6.14. The van der Waals surface area contributed by atoms with Gasteiger partial charge in [0.05, 0.1) is 0 Å². The second-order valence-electron chi connectivity index (χ2n) is 8.50.